The molecule has 3 rings (SSSR count). The van der Waals surface area contributed by atoms with Crippen molar-refractivity contribution in [1.29, 1.82) is 0 Å². The standard InChI is InChI=1S/C21H23N3O2/c1-4-15-23(20(25)17-11-7-5-8-12-17)19-16(2)22(3)24(21(19)26)18-13-9-6-10-14-18/h5-14H,4,15H2,1-3H3. The Kier molecular flexibility index (Phi) is 5.07. The van der Waals surface area contributed by atoms with Crippen LogP contribution in [0.4, 0.5) is 5.69 Å². The van der Waals surface area contributed by atoms with Gasteiger partial charge in [0.15, 0.2) is 0 Å². The van der Waals surface area contributed by atoms with Gasteiger partial charge in [-0.2, -0.15) is 0 Å². The smallest absolute Gasteiger partial charge is 0.295 e. The van der Waals surface area contributed by atoms with Crippen LogP contribution in [0.25, 0.3) is 5.69 Å². The van der Waals surface area contributed by atoms with E-state index in [0.717, 1.165) is 17.8 Å². The molecule has 3 aromatic rings. The molecule has 0 aliphatic rings. The van der Waals surface area contributed by atoms with Crippen LogP contribution < -0.4 is 10.5 Å². The molecule has 0 N–H and O–H groups in total. The van der Waals surface area contributed by atoms with Crippen molar-refractivity contribution in [3.63, 3.8) is 0 Å². The van der Waals surface area contributed by atoms with Gasteiger partial charge in [0.25, 0.3) is 11.5 Å². The molecule has 134 valence electrons. The molecule has 0 spiro atoms. The van der Waals surface area contributed by atoms with Gasteiger partial charge in [-0.05, 0) is 37.6 Å². The first-order valence-corrected chi connectivity index (χ1v) is 8.77. The van der Waals surface area contributed by atoms with E-state index in [0.29, 0.717) is 17.8 Å². The normalized spacial score (nSPS) is 10.7. The van der Waals surface area contributed by atoms with Crippen molar-refractivity contribution in [1.82, 2.24) is 9.36 Å². The summed E-state index contributed by atoms with van der Waals surface area (Å²) in [5.74, 6) is -0.154. The molecule has 0 aliphatic carbocycles. The molecule has 0 fully saturated rings. The summed E-state index contributed by atoms with van der Waals surface area (Å²) in [5, 5.41) is 0. The van der Waals surface area contributed by atoms with E-state index in [1.807, 2.05) is 69.4 Å². The lowest BCUT2D eigenvalue weighted by atomic mass is 10.2. The Hall–Kier alpha value is -3.08. The van der Waals surface area contributed by atoms with E-state index in [1.165, 1.54) is 0 Å². The Labute approximate surface area is 153 Å². The first-order valence-electron chi connectivity index (χ1n) is 8.77. The number of hydrogen-bond acceptors (Lipinski definition) is 2. The fourth-order valence-electron chi connectivity index (χ4n) is 3.14. The van der Waals surface area contributed by atoms with E-state index in [9.17, 15) is 9.59 Å². The molecule has 0 atom stereocenters. The predicted molar refractivity (Wildman–Crippen MR) is 104 cm³/mol. The van der Waals surface area contributed by atoms with Crippen molar-refractivity contribution in [2.45, 2.75) is 20.3 Å². The zero-order valence-corrected chi connectivity index (χ0v) is 15.3. The van der Waals surface area contributed by atoms with Gasteiger partial charge in [-0.3, -0.25) is 14.3 Å². The molecule has 0 saturated heterocycles. The minimum atomic E-state index is -0.186. The Morgan fingerprint density at radius 2 is 1.58 bits per heavy atom. The third kappa shape index (κ3) is 3.08. The van der Waals surface area contributed by atoms with Gasteiger partial charge < -0.3 is 4.90 Å². The van der Waals surface area contributed by atoms with Crippen LogP contribution in [-0.4, -0.2) is 21.8 Å². The number of hydrogen-bond donors (Lipinski definition) is 0. The number of carbonyl (C=O) groups is 1. The second kappa shape index (κ2) is 7.44. The number of rotatable bonds is 5. The summed E-state index contributed by atoms with van der Waals surface area (Å²) in [6, 6.07) is 18.5. The molecule has 1 heterocycles. The Morgan fingerprint density at radius 1 is 1.00 bits per heavy atom. The molecule has 0 aliphatic heterocycles. The summed E-state index contributed by atoms with van der Waals surface area (Å²) in [4.78, 5) is 27.9. The lowest BCUT2D eigenvalue weighted by molar-refractivity contribution is 0.0986. The van der Waals surface area contributed by atoms with Crippen molar-refractivity contribution in [3.8, 4) is 5.69 Å². The predicted octanol–water partition coefficient (Wildman–Crippen LogP) is 3.54. The van der Waals surface area contributed by atoms with Gasteiger partial charge in [-0.15, -0.1) is 0 Å². The van der Waals surface area contributed by atoms with Gasteiger partial charge in [0.05, 0.1) is 11.4 Å². The lowest BCUT2D eigenvalue weighted by Gasteiger charge is -2.21. The maximum absolute atomic E-state index is 13.2. The summed E-state index contributed by atoms with van der Waals surface area (Å²) in [5.41, 5.74) is 2.37. The molecule has 0 saturated carbocycles. The van der Waals surface area contributed by atoms with Crippen molar-refractivity contribution in [2.24, 2.45) is 7.05 Å². The van der Waals surface area contributed by atoms with Gasteiger partial charge in [-0.1, -0.05) is 43.3 Å². The fraction of sp³-hybridized carbons (Fsp3) is 0.238. The van der Waals surface area contributed by atoms with E-state index in [-0.39, 0.29) is 11.5 Å². The highest BCUT2D eigenvalue weighted by molar-refractivity contribution is 6.06. The van der Waals surface area contributed by atoms with Crippen LogP contribution in [0, 0.1) is 6.92 Å². The minimum Gasteiger partial charge on any atom is -0.302 e. The van der Waals surface area contributed by atoms with Gasteiger partial charge in [0.2, 0.25) is 0 Å². The molecular weight excluding hydrogens is 326 g/mol. The van der Waals surface area contributed by atoms with Crippen molar-refractivity contribution < 1.29 is 4.79 Å². The second-order valence-electron chi connectivity index (χ2n) is 6.23. The van der Waals surface area contributed by atoms with Crippen LogP contribution in [0.2, 0.25) is 0 Å². The first-order chi connectivity index (χ1) is 12.6. The SMILES string of the molecule is CCCN(C(=O)c1ccccc1)c1c(C)n(C)n(-c2ccccc2)c1=O. The summed E-state index contributed by atoms with van der Waals surface area (Å²) in [7, 11) is 1.84. The average molecular weight is 349 g/mol. The second-order valence-corrected chi connectivity index (χ2v) is 6.23. The third-order valence-corrected chi connectivity index (χ3v) is 4.51. The van der Waals surface area contributed by atoms with E-state index in [4.69, 9.17) is 0 Å². The molecule has 0 bridgehead atoms. The highest BCUT2D eigenvalue weighted by Gasteiger charge is 2.26. The third-order valence-electron chi connectivity index (χ3n) is 4.51. The van der Waals surface area contributed by atoms with Gasteiger partial charge in [0.1, 0.15) is 5.69 Å². The minimum absolute atomic E-state index is 0.154. The number of nitrogens with zero attached hydrogens (tertiary/aromatic N) is 3. The molecule has 0 unspecified atom stereocenters. The fourth-order valence-corrected chi connectivity index (χ4v) is 3.14. The quantitative estimate of drug-likeness (QED) is 0.707. The Morgan fingerprint density at radius 3 is 2.15 bits per heavy atom. The number of aromatic nitrogens is 2. The van der Waals surface area contributed by atoms with Crippen LogP contribution in [0.15, 0.2) is 65.5 Å². The molecule has 26 heavy (non-hydrogen) atoms. The lowest BCUT2D eigenvalue weighted by Crippen LogP contribution is -2.36. The van der Waals surface area contributed by atoms with Crippen molar-refractivity contribution >= 4 is 11.6 Å². The van der Waals surface area contributed by atoms with Crippen molar-refractivity contribution in [3.05, 3.63) is 82.3 Å². The van der Waals surface area contributed by atoms with Crippen LogP contribution in [0.5, 0.6) is 0 Å². The van der Waals surface area contributed by atoms with Crippen LogP contribution in [0.1, 0.15) is 29.4 Å². The van der Waals surface area contributed by atoms with E-state index in [1.54, 1.807) is 26.4 Å². The van der Waals surface area contributed by atoms with E-state index < -0.39 is 0 Å². The zero-order chi connectivity index (χ0) is 18.7. The first kappa shape index (κ1) is 17.7. The van der Waals surface area contributed by atoms with E-state index in [2.05, 4.69) is 0 Å². The van der Waals surface area contributed by atoms with Gasteiger partial charge in [0, 0.05) is 19.2 Å². The Bertz CT molecular complexity index is 956. The molecular formula is C21H23N3O2. The number of anilines is 1. The van der Waals surface area contributed by atoms with Crippen LogP contribution in [0.3, 0.4) is 0 Å². The Balaban J connectivity index is 2.14. The molecule has 5 heteroatoms. The monoisotopic (exact) mass is 349 g/mol. The van der Waals surface area contributed by atoms with Crippen LogP contribution >= 0.6 is 0 Å². The summed E-state index contributed by atoms with van der Waals surface area (Å²) in [6.07, 6.45) is 0.762. The number of benzene rings is 2. The number of para-hydroxylation sites is 1. The number of carbonyl (C=O) groups excluding carboxylic acids is 1. The number of amides is 1. The topological polar surface area (TPSA) is 47.2 Å². The molecule has 2 aromatic carbocycles. The average Bonchev–Trinajstić information content (AvgIpc) is 2.90. The highest BCUT2D eigenvalue weighted by Crippen LogP contribution is 2.21. The molecule has 0 radical (unpaired) electrons. The summed E-state index contributed by atoms with van der Waals surface area (Å²) < 4.78 is 3.40. The van der Waals surface area contributed by atoms with Gasteiger partial charge >= 0.3 is 0 Å². The molecule has 1 amide bonds. The van der Waals surface area contributed by atoms with Crippen molar-refractivity contribution in [2.75, 3.05) is 11.4 Å². The highest BCUT2D eigenvalue weighted by atomic mass is 16.2. The molecule has 1 aromatic heterocycles. The van der Waals surface area contributed by atoms with Gasteiger partial charge in [-0.25, -0.2) is 4.68 Å². The maximum Gasteiger partial charge on any atom is 0.295 e. The van der Waals surface area contributed by atoms with E-state index >= 15 is 0 Å². The summed E-state index contributed by atoms with van der Waals surface area (Å²) >= 11 is 0. The molecule has 5 nitrogen and oxygen atoms in total. The van der Waals surface area contributed by atoms with Crippen LogP contribution in [-0.2, 0) is 7.05 Å². The zero-order valence-electron chi connectivity index (χ0n) is 15.3. The summed E-state index contributed by atoms with van der Waals surface area (Å²) in [6.45, 7) is 4.36. The largest absolute Gasteiger partial charge is 0.302 e. The maximum atomic E-state index is 13.2.